The summed E-state index contributed by atoms with van der Waals surface area (Å²) in [4.78, 5) is 18.6. The molecule has 0 saturated carbocycles. The van der Waals surface area contributed by atoms with Crippen molar-refractivity contribution in [2.75, 3.05) is 6.54 Å². The second kappa shape index (κ2) is 5.70. The number of rotatable bonds is 1. The molecule has 0 aromatic carbocycles. The maximum absolute atomic E-state index is 12.5. The van der Waals surface area contributed by atoms with Gasteiger partial charge in [-0.2, -0.15) is 0 Å². The van der Waals surface area contributed by atoms with E-state index in [9.17, 15) is 4.79 Å². The van der Waals surface area contributed by atoms with Gasteiger partial charge in [0, 0.05) is 24.5 Å². The summed E-state index contributed by atoms with van der Waals surface area (Å²) in [5.41, 5.74) is 1.36. The lowest BCUT2D eigenvalue weighted by Crippen LogP contribution is -2.38. The van der Waals surface area contributed by atoms with Crippen LogP contribution in [-0.4, -0.2) is 28.4 Å². The fourth-order valence-corrected chi connectivity index (χ4v) is 2.70. The molecule has 1 fully saturated rings. The van der Waals surface area contributed by atoms with Crippen molar-refractivity contribution >= 4 is 17.5 Å². The number of hydrogen-bond acceptors (Lipinski definition) is 2. The molecule has 1 atom stereocenters. The van der Waals surface area contributed by atoms with Crippen molar-refractivity contribution in [1.29, 1.82) is 0 Å². The summed E-state index contributed by atoms with van der Waals surface area (Å²) in [5.74, 6) is 0.0156. The Kier molecular flexibility index (Phi) is 4.23. The van der Waals surface area contributed by atoms with Gasteiger partial charge in [0.05, 0.1) is 10.6 Å². The second-order valence-corrected chi connectivity index (χ2v) is 5.41. The van der Waals surface area contributed by atoms with Crippen molar-refractivity contribution < 1.29 is 4.79 Å². The number of aromatic nitrogens is 1. The lowest BCUT2D eigenvalue weighted by Gasteiger charge is -2.27. The molecule has 0 bridgehead atoms. The molecular formula is C14H19ClN2O. The van der Waals surface area contributed by atoms with Gasteiger partial charge in [0.15, 0.2) is 0 Å². The summed E-state index contributed by atoms with van der Waals surface area (Å²) in [5, 5.41) is 0.504. The molecule has 0 aliphatic carbocycles. The van der Waals surface area contributed by atoms with Crippen LogP contribution >= 0.6 is 11.6 Å². The third kappa shape index (κ3) is 2.83. The largest absolute Gasteiger partial charge is 0.336 e. The zero-order valence-electron chi connectivity index (χ0n) is 10.9. The van der Waals surface area contributed by atoms with Gasteiger partial charge in [0.2, 0.25) is 0 Å². The Morgan fingerprint density at radius 3 is 2.94 bits per heavy atom. The summed E-state index contributed by atoms with van der Waals surface area (Å²) >= 11 is 6.14. The van der Waals surface area contributed by atoms with E-state index in [-0.39, 0.29) is 11.9 Å². The van der Waals surface area contributed by atoms with Crippen LogP contribution in [0.3, 0.4) is 0 Å². The second-order valence-electron chi connectivity index (χ2n) is 5.00. The molecule has 0 radical (unpaired) electrons. The summed E-state index contributed by atoms with van der Waals surface area (Å²) in [6.07, 6.45) is 6.14. The van der Waals surface area contributed by atoms with Crippen LogP contribution in [0.25, 0.3) is 0 Å². The van der Waals surface area contributed by atoms with Crippen molar-refractivity contribution in [2.45, 2.75) is 45.6 Å². The summed E-state index contributed by atoms with van der Waals surface area (Å²) in [7, 11) is 0. The summed E-state index contributed by atoms with van der Waals surface area (Å²) in [6.45, 7) is 4.80. The van der Waals surface area contributed by atoms with Gasteiger partial charge in [-0.3, -0.25) is 9.78 Å². The van der Waals surface area contributed by atoms with Gasteiger partial charge in [-0.1, -0.05) is 24.4 Å². The fourth-order valence-electron chi connectivity index (χ4n) is 2.42. The van der Waals surface area contributed by atoms with E-state index in [1.807, 2.05) is 11.8 Å². The Bertz CT molecular complexity index is 447. The predicted molar refractivity (Wildman–Crippen MR) is 73.0 cm³/mol. The maximum Gasteiger partial charge on any atom is 0.257 e. The number of carbonyl (C=O) groups excluding carboxylic acids is 1. The highest BCUT2D eigenvalue weighted by atomic mass is 35.5. The van der Waals surface area contributed by atoms with Crippen molar-refractivity contribution in [3.8, 4) is 0 Å². The number of nitrogens with zero attached hydrogens (tertiary/aromatic N) is 2. The quantitative estimate of drug-likeness (QED) is 0.780. The lowest BCUT2D eigenvalue weighted by atomic mass is 10.1. The first-order valence-corrected chi connectivity index (χ1v) is 6.90. The zero-order valence-corrected chi connectivity index (χ0v) is 11.7. The normalized spacial score (nSPS) is 20.6. The van der Waals surface area contributed by atoms with Gasteiger partial charge in [-0.25, -0.2) is 0 Å². The van der Waals surface area contributed by atoms with Gasteiger partial charge in [-0.05, 0) is 32.8 Å². The molecular weight excluding hydrogens is 248 g/mol. The molecule has 1 aromatic heterocycles. The van der Waals surface area contributed by atoms with Crippen molar-refractivity contribution in [3.63, 3.8) is 0 Å². The van der Waals surface area contributed by atoms with Gasteiger partial charge < -0.3 is 4.90 Å². The van der Waals surface area contributed by atoms with Gasteiger partial charge in [0.1, 0.15) is 0 Å². The van der Waals surface area contributed by atoms with Crippen LogP contribution in [0.5, 0.6) is 0 Å². The van der Waals surface area contributed by atoms with Crippen LogP contribution in [-0.2, 0) is 0 Å². The smallest absolute Gasteiger partial charge is 0.257 e. The highest BCUT2D eigenvalue weighted by molar-refractivity contribution is 6.33. The number of carbonyl (C=O) groups is 1. The van der Waals surface area contributed by atoms with Crippen molar-refractivity contribution in [1.82, 2.24) is 9.88 Å². The fraction of sp³-hybridized carbons (Fsp3) is 0.571. The number of halogens is 1. The average Bonchev–Trinajstić information content (AvgIpc) is 2.53. The van der Waals surface area contributed by atoms with Crippen LogP contribution in [0.1, 0.15) is 48.7 Å². The van der Waals surface area contributed by atoms with E-state index in [1.165, 1.54) is 12.8 Å². The molecule has 2 heterocycles. The molecule has 98 valence electrons. The Hall–Kier alpha value is -1.09. The number of amides is 1. The Morgan fingerprint density at radius 2 is 2.22 bits per heavy atom. The summed E-state index contributed by atoms with van der Waals surface area (Å²) in [6, 6.07) is 2.04. The van der Waals surface area contributed by atoms with E-state index in [0.717, 1.165) is 25.1 Å². The molecule has 1 amide bonds. The zero-order chi connectivity index (χ0) is 13.1. The van der Waals surface area contributed by atoms with E-state index in [0.29, 0.717) is 10.6 Å². The minimum absolute atomic E-state index is 0.0156. The number of pyridine rings is 1. The lowest BCUT2D eigenvalue weighted by molar-refractivity contribution is 0.0697. The Balaban J connectivity index is 2.23. The molecule has 0 N–H and O–H groups in total. The minimum Gasteiger partial charge on any atom is -0.336 e. The SMILES string of the molecule is Cc1cc(Cl)c(C(=O)N2CCCCCC2C)cn1. The summed E-state index contributed by atoms with van der Waals surface area (Å²) < 4.78 is 0. The molecule has 4 heteroatoms. The van der Waals surface area contributed by atoms with Gasteiger partial charge in [0.25, 0.3) is 5.91 Å². The van der Waals surface area contributed by atoms with E-state index < -0.39 is 0 Å². The van der Waals surface area contributed by atoms with E-state index >= 15 is 0 Å². The Labute approximate surface area is 113 Å². The van der Waals surface area contributed by atoms with Gasteiger partial charge >= 0.3 is 0 Å². The third-order valence-corrected chi connectivity index (χ3v) is 3.85. The van der Waals surface area contributed by atoms with E-state index in [2.05, 4.69) is 11.9 Å². The molecule has 2 rings (SSSR count). The monoisotopic (exact) mass is 266 g/mol. The first-order chi connectivity index (χ1) is 8.59. The van der Waals surface area contributed by atoms with Crippen LogP contribution in [0.15, 0.2) is 12.3 Å². The highest BCUT2D eigenvalue weighted by Gasteiger charge is 2.24. The van der Waals surface area contributed by atoms with Crippen molar-refractivity contribution in [3.05, 3.63) is 28.5 Å². The number of likely N-dealkylation sites (tertiary alicyclic amines) is 1. The van der Waals surface area contributed by atoms with E-state index in [1.54, 1.807) is 12.3 Å². The molecule has 18 heavy (non-hydrogen) atoms. The highest BCUT2D eigenvalue weighted by Crippen LogP contribution is 2.22. The molecule has 1 aromatic rings. The van der Waals surface area contributed by atoms with Gasteiger partial charge in [-0.15, -0.1) is 0 Å². The van der Waals surface area contributed by atoms with Crippen molar-refractivity contribution in [2.24, 2.45) is 0 Å². The predicted octanol–water partition coefficient (Wildman–Crippen LogP) is 3.45. The molecule has 0 spiro atoms. The first-order valence-electron chi connectivity index (χ1n) is 6.52. The molecule has 1 saturated heterocycles. The molecule has 3 nitrogen and oxygen atoms in total. The standard InChI is InChI=1S/C14H19ClN2O/c1-10-8-13(15)12(9-16-10)14(18)17-7-5-3-4-6-11(17)2/h8-9,11H,3-7H2,1-2H3. The maximum atomic E-state index is 12.5. The van der Waals surface area contributed by atoms with E-state index in [4.69, 9.17) is 11.6 Å². The van der Waals surface area contributed by atoms with Crippen LogP contribution < -0.4 is 0 Å². The Morgan fingerprint density at radius 1 is 1.44 bits per heavy atom. The topological polar surface area (TPSA) is 33.2 Å². The number of aryl methyl sites for hydroxylation is 1. The minimum atomic E-state index is 0.0156. The molecule has 1 unspecified atom stereocenters. The van der Waals surface area contributed by atoms with Crippen LogP contribution in [0, 0.1) is 6.92 Å². The third-order valence-electron chi connectivity index (χ3n) is 3.53. The first kappa shape index (κ1) is 13.3. The van der Waals surface area contributed by atoms with Crippen LogP contribution in [0.2, 0.25) is 5.02 Å². The number of hydrogen-bond donors (Lipinski definition) is 0. The molecule has 1 aliphatic heterocycles. The van der Waals surface area contributed by atoms with Crippen LogP contribution in [0.4, 0.5) is 0 Å². The molecule has 1 aliphatic rings. The average molecular weight is 267 g/mol.